The van der Waals surface area contributed by atoms with Crippen molar-refractivity contribution in [2.24, 2.45) is 0 Å². The van der Waals surface area contributed by atoms with Crippen molar-refractivity contribution in [1.82, 2.24) is 4.90 Å². The predicted molar refractivity (Wildman–Crippen MR) is 112 cm³/mol. The lowest BCUT2D eigenvalue weighted by Gasteiger charge is -2.35. The Kier molecular flexibility index (Phi) is 8.90. The van der Waals surface area contributed by atoms with Gasteiger partial charge in [0.2, 0.25) is 0 Å². The van der Waals surface area contributed by atoms with E-state index in [1.54, 1.807) is 0 Å². The normalized spacial score (nSPS) is 14.3. The van der Waals surface area contributed by atoms with Crippen LogP contribution in [0, 0.1) is 0 Å². The molecule has 0 aliphatic heterocycles. The predicted octanol–water partition coefficient (Wildman–Crippen LogP) is 5.24. The van der Waals surface area contributed by atoms with Gasteiger partial charge >= 0.3 is 0 Å². The van der Waals surface area contributed by atoms with Gasteiger partial charge in [0.25, 0.3) is 5.91 Å². The molecule has 0 aliphatic rings. The van der Waals surface area contributed by atoms with Crippen molar-refractivity contribution >= 4 is 22.3 Å². The molecule has 140 valence electrons. The minimum atomic E-state index is -1.74. The van der Waals surface area contributed by atoms with Crippen LogP contribution in [0.15, 0.2) is 23.4 Å². The highest BCUT2D eigenvalue weighted by Crippen LogP contribution is 2.36. The fraction of sp³-hybridized carbons (Fsp3) is 0.737. The number of nitrogens with zero attached hydrogens (tertiary/aromatic N) is 1. The lowest BCUT2D eigenvalue weighted by molar-refractivity contribution is -0.126. The summed E-state index contributed by atoms with van der Waals surface area (Å²) in [7, 11) is -3.22. The zero-order valence-corrected chi connectivity index (χ0v) is 19.6. The summed E-state index contributed by atoms with van der Waals surface area (Å²) in [6.07, 6.45) is 3.97. The fourth-order valence-electron chi connectivity index (χ4n) is 1.99. The fourth-order valence-corrected chi connectivity index (χ4v) is 4.09. The molecule has 5 heteroatoms. The van der Waals surface area contributed by atoms with Crippen molar-refractivity contribution < 1.29 is 9.22 Å². The van der Waals surface area contributed by atoms with E-state index in [-0.39, 0.29) is 10.9 Å². The largest absolute Gasteiger partial charge is 0.413 e. The third-order valence-corrected chi connectivity index (χ3v) is 10.2. The van der Waals surface area contributed by atoms with Crippen molar-refractivity contribution in [2.45, 2.75) is 72.4 Å². The molecule has 1 amide bonds. The number of rotatable bonds is 8. The molecule has 3 nitrogen and oxygen atoms in total. The van der Waals surface area contributed by atoms with E-state index in [1.807, 2.05) is 30.9 Å². The van der Waals surface area contributed by atoms with Gasteiger partial charge in [-0.05, 0) is 32.0 Å². The SMILES string of the molecule is CCN(CC)C(=O)C(=C\[Si](C)(C)C)/C=C/CO[Si](C)(C)C(C)(C)C. The molecule has 0 fully saturated rings. The first kappa shape index (κ1) is 23.3. The highest BCUT2D eigenvalue weighted by molar-refractivity contribution is 6.81. The molecule has 0 rings (SSSR count). The molecule has 24 heavy (non-hydrogen) atoms. The first-order valence-electron chi connectivity index (χ1n) is 9.07. The van der Waals surface area contributed by atoms with Crippen molar-refractivity contribution in [3.63, 3.8) is 0 Å². The zero-order valence-electron chi connectivity index (χ0n) is 17.6. The molecule has 0 aromatic heterocycles. The van der Waals surface area contributed by atoms with Gasteiger partial charge in [-0.25, -0.2) is 0 Å². The summed E-state index contributed by atoms with van der Waals surface area (Å²) >= 11 is 0. The van der Waals surface area contributed by atoms with Gasteiger partial charge in [0.15, 0.2) is 8.32 Å². The van der Waals surface area contributed by atoms with Gasteiger partial charge in [-0.1, -0.05) is 58.3 Å². The average Bonchev–Trinajstić information content (AvgIpc) is 2.40. The first-order valence-corrected chi connectivity index (χ1v) is 15.6. The molecule has 0 aromatic rings. The number of amides is 1. The summed E-state index contributed by atoms with van der Waals surface area (Å²) in [4.78, 5) is 14.6. The summed E-state index contributed by atoms with van der Waals surface area (Å²) in [5.74, 6) is 0.131. The average molecular weight is 370 g/mol. The maximum Gasteiger partial charge on any atom is 0.253 e. The number of hydrogen-bond acceptors (Lipinski definition) is 2. The Balaban J connectivity index is 5.17. The van der Waals surface area contributed by atoms with Gasteiger partial charge in [-0.2, -0.15) is 0 Å². The van der Waals surface area contributed by atoms with Crippen molar-refractivity contribution in [2.75, 3.05) is 19.7 Å². The molecular formula is C19H39NO2Si2. The smallest absolute Gasteiger partial charge is 0.253 e. The van der Waals surface area contributed by atoms with Crippen LogP contribution in [0.1, 0.15) is 34.6 Å². The lowest BCUT2D eigenvalue weighted by atomic mass is 10.2. The van der Waals surface area contributed by atoms with Gasteiger partial charge in [0.05, 0.1) is 14.7 Å². The Bertz CT molecular complexity index is 465. The van der Waals surface area contributed by atoms with Crippen molar-refractivity contribution in [3.8, 4) is 0 Å². The molecule has 0 aromatic carbocycles. The van der Waals surface area contributed by atoms with Crippen molar-refractivity contribution in [1.29, 1.82) is 0 Å². The highest BCUT2D eigenvalue weighted by atomic mass is 28.4. The molecule has 0 saturated carbocycles. The summed E-state index contributed by atoms with van der Waals surface area (Å²) in [5.41, 5.74) is 3.01. The van der Waals surface area contributed by atoms with Crippen molar-refractivity contribution in [3.05, 3.63) is 23.4 Å². The molecule has 0 atom stereocenters. The Hall–Kier alpha value is -0.656. The summed E-state index contributed by atoms with van der Waals surface area (Å²) < 4.78 is 6.18. The molecule has 0 aliphatic carbocycles. The van der Waals surface area contributed by atoms with E-state index in [1.165, 1.54) is 0 Å². The molecule has 0 radical (unpaired) electrons. The number of carbonyl (C=O) groups is 1. The van der Waals surface area contributed by atoms with Gasteiger partial charge in [0.1, 0.15) is 0 Å². The van der Waals surface area contributed by atoms with E-state index >= 15 is 0 Å². The molecular weight excluding hydrogens is 330 g/mol. The Morgan fingerprint density at radius 2 is 1.54 bits per heavy atom. The van der Waals surface area contributed by atoms with E-state index in [9.17, 15) is 4.79 Å². The van der Waals surface area contributed by atoms with Crippen LogP contribution in [0.4, 0.5) is 0 Å². The Morgan fingerprint density at radius 3 is 1.92 bits per heavy atom. The first-order chi connectivity index (χ1) is 10.7. The lowest BCUT2D eigenvalue weighted by Crippen LogP contribution is -2.40. The third kappa shape index (κ3) is 7.95. The quantitative estimate of drug-likeness (QED) is 0.333. The maximum absolute atomic E-state index is 12.7. The molecule has 0 bridgehead atoms. The second-order valence-corrected chi connectivity index (χ2v) is 18.7. The topological polar surface area (TPSA) is 29.5 Å². The van der Waals surface area contributed by atoms with E-state index in [2.05, 4.69) is 59.2 Å². The Morgan fingerprint density at radius 1 is 1.04 bits per heavy atom. The van der Waals surface area contributed by atoms with Crippen LogP contribution in [0.2, 0.25) is 37.8 Å². The van der Waals surface area contributed by atoms with Crippen LogP contribution in [0.25, 0.3) is 0 Å². The van der Waals surface area contributed by atoms with Gasteiger partial charge in [-0.3, -0.25) is 4.79 Å². The molecule has 0 unspecified atom stereocenters. The third-order valence-electron chi connectivity index (χ3n) is 4.53. The van der Waals surface area contributed by atoms with Gasteiger partial charge in [0, 0.05) is 18.7 Å². The monoisotopic (exact) mass is 369 g/mol. The Labute approximate surface area is 152 Å². The van der Waals surface area contributed by atoms with Crippen LogP contribution in [-0.4, -0.2) is 46.9 Å². The van der Waals surface area contributed by atoms with E-state index in [0.717, 1.165) is 18.7 Å². The minimum absolute atomic E-state index is 0.131. The standard InChI is InChI=1S/C19H39NO2Si2/c1-11-20(12-2)18(21)17(16-23(6,7)8)14-13-15-22-24(9,10)19(3,4)5/h13-14,16H,11-12,15H2,1-10H3/b14-13+,17-16-. The van der Waals surface area contributed by atoms with E-state index in [0.29, 0.717) is 6.61 Å². The maximum atomic E-state index is 12.7. The van der Waals surface area contributed by atoms with Crippen LogP contribution in [0.3, 0.4) is 0 Å². The molecule has 0 saturated heterocycles. The van der Waals surface area contributed by atoms with E-state index < -0.39 is 16.4 Å². The van der Waals surface area contributed by atoms with E-state index in [4.69, 9.17) is 4.43 Å². The molecule has 0 spiro atoms. The second-order valence-electron chi connectivity index (χ2n) is 8.92. The second kappa shape index (κ2) is 9.16. The number of likely N-dealkylation sites (N-methyl/N-ethyl adjacent to an activating group) is 1. The number of carbonyl (C=O) groups excluding carboxylic acids is 1. The summed E-state index contributed by atoms with van der Waals surface area (Å²) in [6, 6.07) is 0. The summed E-state index contributed by atoms with van der Waals surface area (Å²) in [5, 5.41) is 0.203. The molecule has 0 heterocycles. The molecule has 0 N–H and O–H groups in total. The zero-order chi connectivity index (χ0) is 19.2. The van der Waals surface area contributed by atoms with Crippen LogP contribution >= 0.6 is 0 Å². The van der Waals surface area contributed by atoms with Gasteiger partial charge in [-0.15, -0.1) is 0 Å². The summed E-state index contributed by atoms with van der Waals surface area (Å²) in [6.45, 7) is 24.1. The van der Waals surface area contributed by atoms with Gasteiger partial charge < -0.3 is 9.33 Å². The van der Waals surface area contributed by atoms with Crippen LogP contribution in [0.5, 0.6) is 0 Å². The number of hydrogen-bond donors (Lipinski definition) is 0. The highest BCUT2D eigenvalue weighted by Gasteiger charge is 2.36. The van der Waals surface area contributed by atoms with Crippen LogP contribution in [-0.2, 0) is 9.22 Å². The minimum Gasteiger partial charge on any atom is -0.413 e. The van der Waals surface area contributed by atoms with Crippen LogP contribution < -0.4 is 0 Å².